The molecule has 2 saturated heterocycles. The van der Waals surface area contributed by atoms with E-state index in [0.29, 0.717) is 0 Å². The van der Waals surface area contributed by atoms with Gasteiger partial charge >= 0.3 is 0 Å². The Balaban J connectivity index is 1.76. The van der Waals surface area contributed by atoms with Crippen molar-refractivity contribution in [1.29, 1.82) is 0 Å². The molecule has 0 spiro atoms. The van der Waals surface area contributed by atoms with Crippen LogP contribution in [0.2, 0.25) is 0 Å². The zero-order valence-electron chi connectivity index (χ0n) is 9.19. The van der Waals surface area contributed by atoms with Gasteiger partial charge in [0.2, 0.25) is 0 Å². The molecule has 1 aromatic rings. The Morgan fingerprint density at radius 1 is 1.38 bits per heavy atom. The fraction of sp³-hybridized carbons (Fsp3) is 0.583. The Hall–Kier alpha value is -0.610. The number of hydrogen-bond donors (Lipinski definition) is 1. The molecule has 1 N–H and O–H groups in total. The third kappa shape index (κ3) is 1.96. The Morgan fingerprint density at radius 3 is 3.19 bits per heavy atom. The van der Waals surface area contributed by atoms with Crippen LogP contribution in [0.1, 0.15) is 12.8 Å². The van der Waals surface area contributed by atoms with E-state index >= 15 is 0 Å². The molecular weight excluding hydrogens is 266 g/mol. The highest BCUT2D eigenvalue weighted by molar-refractivity contribution is 9.10. The highest BCUT2D eigenvalue weighted by Crippen LogP contribution is 2.28. The molecule has 0 bridgehead atoms. The van der Waals surface area contributed by atoms with Crippen molar-refractivity contribution in [2.24, 2.45) is 5.92 Å². The summed E-state index contributed by atoms with van der Waals surface area (Å²) in [4.78, 5) is 6.70. The summed E-state index contributed by atoms with van der Waals surface area (Å²) in [5.74, 6) is 0.827. The first-order valence-electron chi connectivity index (χ1n) is 5.92. The first kappa shape index (κ1) is 10.5. The number of nitrogens with one attached hydrogen (secondary N) is 1. The van der Waals surface area contributed by atoms with Gasteiger partial charge in [0.1, 0.15) is 0 Å². The molecule has 86 valence electrons. The quantitative estimate of drug-likeness (QED) is 0.854. The Labute approximate surface area is 104 Å². The van der Waals surface area contributed by atoms with Gasteiger partial charge in [0.25, 0.3) is 0 Å². The predicted octanol–water partition coefficient (Wildman–Crippen LogP) is 2.03. The summed E-state index contributed by atoms with van der Waals surface area (Å²) < 4.78 is 1.07. The maximum Gasteiger partial charge on any atom is 0.0564 e. The van der Waals surface area contributed by atoms with Crippen molar-refractivity contribution in [2.75, 3.05) is 24.5 Å². The molecule has 16 heavy (non-hydrogen) atoms. The summed E-state index contributed by atoms with van der Waals surface area (Å²) in [5.41, 5.74) is 1.25. The number of piperidine rings is 1. The van der Waals surface area contributed by atoms with Crippen LogP contribution in [0.5, 0.6) is 0 Å². The van der Waals surface area contributed by atoms with Crippen molar-refractivity contribution in [3.05, 3.63) is 22.9 Å². The second-order valence-corrected chi connectivity index (χ2v) is 5.62. The van der Waals surface area contributed by atoms with Gasteiger partial charge in [0, 0.05) is 29.8 Å². The Bertz CT molecular complexity index is 382. The fourth-order valence-corrected chi connectivity index (χ4v) is 3.21. The first-order valence-corrected chi connectivity index (χ1v) is 6.71. The molecule has 2 atom stereocenters. The second-order valence-electron chi connectivity index (χ2n) is 4.71. The lowest BCUT2D eigenvalue weighted by Crippen LogP contribution is -2.44. The number of hydrogen-bond acceptors (Lipinski definition) is 3. The van der Waals surface area contributed by atoms with Crippen LogP contribution in [0.4, 0.5) is 5.69 Å². The maximum absolute atomic E-state index is 4.24. The highest BCUT2D eigenvalue weighted by Gasteiger charge is 2.32. The van der Waals surface area contributed by atoms with E-state index < -0.39 is 0 Å². The van der Waals surface area contributed by atoms with Gasteiger partial charge in [-0.1, -0.05) is 0 Å². The summed E-state index contributed by atoms with van der Waals surface area (Å²) >= 11 is 3.48. The molecule has 2 fully saturated rings. The van der Waals surface area contributed by atoms with E-state index in [9.17, 15) is 0 Å². The average molecular weight is 282 g/mol. The van der Waals surface area contributed by atoms with Gasteiger partial charge < -0.3 is 10.2 Å². The minimum atomic E-state index is 0.761. The molecule has 2 aliphatic heterocycles. The third-order valence-electron chi connectivity index (χ3n) is 3.71. The van der Waals surface area contributed by atoms with Crippen LogP contribution in [-0.4, -0.2) is 30.7 Å². The summed E-state index contributed by atoms with van der Waals surface area (Å²) in [5, 5.41) is 3.59. The van der Waals surface area contributed by atoms with E-state index in [1.165, 1.54) is 31.6 Å². The Kier molecular flexibility index (Phi) is 2.86. The van der Waals surface area contributed by atoms with Crippen LogP contribution in [0, 0.1) is 5.92 Å². The third-order valence-corrected chi connectivity index (χ3v) is 4.14. The molecule has 0 radical (unpaired) electrons. The topological polar surface area (TPSA) is 28.2 Å². The standard InChI is InChI=1S/C12H16BrN3/c13-10-5-11(7-14-6-10)16-4-2-12-9(8-16)1-3-15-12/h5-7,9,12,15H,1-4,8H2. The van der Waals surface area contributed by atoms with Crippen molar-refractivity contribution in [3.8, 4) is 0 Å². The Morgan fingerprint density at radius 2 is 2.31 bits per heavy atom. The van der Waals surface area contributed by atoms with E-state index in [4.69, 9.17) is 0 Å². The number of pyridine rings is 1. The molecule has 4 heteroatoms. The SMILES string of the molecule is Brc1cncc(N2CCC3NCCC3C2)c1. The van der Waals surface area contributed by atoms with Crippen LogP contribution >= 0.6 is 15.9 Å². The van der Waals surface area contributed by atoms with Gasteiger partial charge in [-0.25, -0.2) is 0 Å². The smallest absolute Gasteiger partial charge is 0.0564 e. The van der Waals surface area contributed by atoms with Crippen molar-refractivity contribution < 1.29 is 0 Å². The average Bonchev–Trinajstić information content (AvgIpc) is 2.75. The molecule has 1 aromatic heterocycles. The molecule has 2 unspecified atom stereocenters. The zero-order valence-corrected chi connectivity index (χ0v) is 10.8. The molecule has 0 aliphatic carbocycles. The zero-order chi connectivity index (χ0) is 11.0. The molecule has 3 nitrogen and oxygen atoms in total. The van der Waals surface area contributed by atoms with E-state index in [1.54, 1.807) is 0 Å². The summed E-state index contributed by atoms with van der Waals surface area (Å²) in [6, 6.07) is 2.92. The molecule has 0 saturated carbocycles. The molecule has 3 rings (SSSR count). The van der Waals surface area contributed by atoms with Crippen LogP contribution in [0.3, 0.4) is 0 Å². The van der Waals surface area contributed by atoms with Gasteiger partial charge in [0.15, 0.2) is 0 Å². The van der Waals surface area contributed by atoms with Crippen molar-refractivity contribution in [2.45, 2.75) is 18.9 Å². The van der Waals surface area contributed by atoms with Crippen molar-refractivity contribution in [3.63, 3.8) is 0 Å². The van der Waals surface area contributed by atoms with Crippen LogP contribution in [0.15, 0.2) is 22.9 Å². The molecule has 0 aromatic carbocycles. The number of fused-ring (bicyclic) bond motifs is 1. The number of rotatable bonds is 1. The molecule has 3 heterocycles. The predicted molar refractivity (Wildman–Crippen MR) is 68.7 cm³/mol. The summed E-state index contributed by atoms with van der Waals surface area (Å²) in [6.07, 6.45) is 6.39. The molecule has 0 amide bonds. The highest BCUT2D eigenvalue weighted by atomic mass is 79.9. The van der Waals surface area contributed by atoms with E-state index in [0.717, 1.165) is 23.0 Å². The maximum atomic E-state index is 4.24. The second kappa shape index (κ2) is 4.34. The summed E-state index contributed by atoms with van der Waals surface area (Å²) in [6.45, 7) is 3.52. The van der Waals surface area contributed by atoms with E-state index in [2.05, 4.69) is 37.2 Å². The molecular formula is C12H16BrN3. The van der Waals surface area contributed by atoms with Gasteiger partial charge in [-0.15, -0.1) is 0 Å². The fourth-order valence-electron chi connectivity index (χ4n) is 2.86. The van der Waals surface area contributed by atoms with E-state index in [1.807, 2.05) is 12.4 Å². The van der Waals surface area contributed by atoms with Crippen LogP contribution < -0.4 is 10.2 Å². The first-order chi connectivity index (χ1) is 7.83. The number of aromatic nitrogens is 1. The summed E-state index contributed by atoms with van der Waals surface area (Å²) in [7, 11) is 0. The lowest BCUT2D eigenvalue weighted by atomic mass is 9.93. The van der Waals surface area contributed by atoms with E-state index in [-0.39, 0.29) is 0 Å². The lowest BCUT2D eigenvalue weighted by molar-refractivity contribution is 0.376. The lowest BCUT2D eigenvalue weighted by Gasteiger charge is -2.36. The number of anilines is 1. The number of nitrogens with zero attached hydrogens (tertiary/aromatic N) is 2. The van der Waals surface area contributed by atoms with Gasteiger partial charge in [-0.3, -0.25) is 4.98 Å². The van der Waals surface area contributed by atoms with Gasteiger partial charge in [-0.05, 0) is 47.3 Å². The number of halogens is 1. The van der Waals surface area contributed by atoms with Crippen molar-refractivity contribution >= 4 is 21.6 Å². The minimum absolute atomic E-state index is 0.761. The van der Waals surface area contributed by atoms with Gasteiger partial charge in [-0.2, -0.15) is 0 Å². The van der Waals surface area contributed by atoms with Gasteiger partial charge in [0.05, 0.1) is 11.9 Å². The largest absolute Gasteiger partial charge is 0.370 e. The van der Waals surface area contributed by atoms with Crippen LogP contribution in [-0.2, 0) is 0 Å². The molecule has 2 aliphatic rings. The normalized spacial score (nSPS) is 29.2. The van der Waals surface area contributed by atoms with Crippen molar-refractivity contribution in [1.82, 2.24) is 10.3 Å². The monoisotopic (exact) mass is 281 g/mol. The minimum Gasteiger partial charge on any atom is -0.370 e. The van der Waals surface area contributed by atoms with Crippen LogP contribution in [0.25, 0.3) is 0 Å².